The number of ether oxygens (including phenoxy) is 2. The highest BCUT2D eigenvalue weighted by atomic mass is 32.1. The van der Waals surface area contributed by atoms with Gasteiger partial charge in [0.05, 0.1) is 42.9 Å². The molecule has 0 aliphatic carbocycles. The smallest absolute Gasteiger partial charge is 0.338 e. The maximum Gasteiger partial charge on any atom is 0.338 e. The predicted molar refractivity (Wildman–Crippen MR) is 105 cm³/mol. The molecule has 0 unspecified atom stereocenters. The number of esters is 1. The standard InChI is InChI=1S/C18H24N4O3S/c1-12-16(20-18(26)19-9-10-24-3)13(2)22(21-12)11-14-7-5-6-8-15(14)17(23)25-4/h5-8H,9-11H2,1-4H3,(H2,19,20,26). The number of carbonyl (C=O) groups excluding carboxylic acids is 1. The highest BCUT2D eigenvalue weighted by Gasteiger charge is 2.16. The number of nitrogens with one attached hydrogen (secondary N) is 2. The summed E-state index contributed by atoms with van der Waals surface area (Å²) in [6.07, 6.45) is 0. The van der Waals surface area contributed by atoms with E-state index in [2.05, 4.69) is 15.7 Å². The van der Waals surface area contributed by atoms with Crippen molar-refractivity contribution in [1.29, 1.82) is 0 Å². The van der Waals surface area contributed by atoms with Crippen LogP contribution in [0.15, 0.2) is 24.3 Å². The van der Waals surface area contributed by atoms with E-state index in [1.807, 2.05) is 36.7 Å². The Labute approximate surface area is 158 Å². The molecular weight excluding hydrogens is 352 g/mol. The molecule has 0 atom stereocenters. The van der Waals surface area contributed by atoms with Crippen molar-refractivity contribution in [3.8, 4) is 0 Å². The van der Waals surface area contributed by atoms with E-state index < -0.39 is 0 Å². The third-order valence-electron chi connectivity index (χ3n) is 3.95. The van der Waals surface area contributed by atoms with Crippen LogP contribution in [0.5, 0.6) is 0 Å². The number of nitrogens with zero attached hydrogens (tertiary/aromatic N) is 2. The summed E-state index contributed by atoms with van der Waals surface area (Å²) in [5, 5.41) is 11.3. The Bertz CT molecular complexity index is 789. The zero-order valence-corrected chi connectivity index (χ0v) is 16.3. The van der Waals surface area contributed by atoms with Crippen LogP contribution in [0.1, 0.15) is 27.3 Å². The first kappa shape index (κ1) is 19.9. The fourth-order valence-electron chi connectivity index (χ4n) is 2.58. The first-order valence-corrected chi connectivity index (χ1v) is 8.62. The summed E-state index contributed by atoms with van der Waals surface area (Å²) < 4.78 is 11.7. The van der Waals surface area contributed by atoms with Gasteiger partial charge in [0.1, 0.15) is 0 Å². The van der Waals surface area contributed by atoms with Gasteiger partial charge in [0.15, 0.2) is 5.11 Å². The van der Waals surface area contributed by atoms with Crippen molar-refractivity contribution in [3.63, 3.8) is 0 Å². The Hall–Kier alpha value is -2.45. The molecule has 0 saturated carbocycles. The molecule has 0 spiro atoms. The number of rotatable bonds is 7. The number of benzene rings is 1. The van der Waals surface area contributed by atoms with Gasteiger partial charge in [-0.3, -0.25) is 4.68 Å². The average Bonchev–Trinajstić information content (AvgIpc) is 2.89. The summed E-state index contributed by atoms with van der Waals surface area (Å²) in [5.74, 6) is -0.357. The van der Waals surface area contributed by atoms with Gasteiger partial charge < -0.3 is 20.1 Å². The van der Waals surface area contributed by atoms with Crippen LogP contribution >= 0.6 is 12.2 Å². The highest BCUT2D eigenvalue weighted by molar-refractivity contribution is 7.80. The second-order valence-corrected chi connectivity index (χ2v) is 6.13. The molecule has 0 saturated heterocycles. The fraction of sp³-hybridized carbons (Fsp3) is 0.389. The van der Waals surface area contributed by atoms with E-state index in [0.717, 1.165) is 22.6 Å². The lowest BCUT2D eigenvalue weighted by Crippen LogP contribution is -2.31. The van der Waals surface area contributed by atoms with Crippen LogP contribution in [0.25, 0.3) is 0 Å². The molecular formula is C18H24N4O3S. The second kappa shape index (κ2) is 9.30. The number of methoxy groups -OCH3 is 2. The quantitative estimate of drug-likeness (QED) is 0.436. The Morgan fingerprint density at radius 2 is 2.00 bits per heavy atom. The number of aromatic nitrogens is 2. The maximum atomic E-state index is 12.0. The molecule has 1 aromatic heterocycles. The third-order valence-corrected chi connectivity index (χ3v) is 4.20. The molecule has 140 valence electrons. The van der Waals surface area contributed by atoms with E-state index in [0.29, 0.717) is 30.4 Å². The largest absolute Gasteiger partial charge is 0.465 e. The molecule has 1 aromatic carbocycles. The van der Waals surface area contributed by atoms with Crippen LogP contribution in [0, 0.1) is 13.8 Å². The van der Waals surface area contributed by atoms with Gasteiger partial charge in [-0.2, -0.15) is 5.10 Å². The Morgan fingerprint density at radius 1 is 1.27 bits per heavy atom. The monoisotopic (exact) mass is 376 g/mol. The van der Waals surface area contributed by atoms with Crippen molar-refractivity contribution < 1.29 is 14.3 Å². The average molecular weight is 376 g/mol. The van der Waals surface area contributed by atoms with E-state index in [-0.39, 0.29) is 5.97 Å². The Kier molecular flexibility index (Phi) is 7.11. The zero-order valence-electron chi connectivity index (χ0n) is 15.5. The fourth-order valence-corrected chi connectivity index (χ4v) is 2.79. The van der Waals surface area contributed by atoms with Gasteiger partial charge in [-0.15, -0.1) is 0 Å². The minimum absolute atomic E-state index is 0.357. The predicted octanol–water partition coefficient (Wildman–Crippen LogP) is 2.27. The second-order valence-electron chi connectivity index (χ2n) is 5.73. The minimum atomic E-state index is -0.357. The number of hydrogen-bond acceptors (Lipinski definition) is 5. The van der Waals surface area contributed by atoms with Gasteiger partial charge in [-0.1, -0.05) is 18.2 Å². The minimum Gasteiger partial charge on any atom is -0.465 e. The van der Waals surface area contributed by atoms with Crippen molar-refractivity contribution in [2.24, 2.45) is 0 Å². The molecule has 7 nitrogen and oxygen atoms in total. The number of aryl methyl sites for hydroxylation is 1. The van der Waals surface area contributed by atoms with Crippen LogP contribution in [-0.2, 0) is 16.0 Å². The summed E-state index contributed by atoms with van der Waals surface area (Å²) in [4.78, 5) is 12.0. The molecule has 0 amide bonds. The Morgan fingerprint density at radius 3 is 2.69 bits per heavy atom. The number of hydrogen-bond donors (Lipinski definition) is 2. The summed E-state index contributed by atoms with van der Waals surface area (Å²) in [6.45, 7) is 5.53. The van der Waals surface area contributed by atoms with Crippen LogP contribution in [0.2, 0.25) is 0 Å². The number of carbonyl (C=O) groups is 1. The van der Waals surface area contributed by atoms with Crippen molar-refractivity contribution >= 4 is 29.0 Å². The maximum absolute atomic E-state index is 12.0. The summed E-state index contributed by atoms with van der Waals surface area (Å²) >= 11 is 5.30. The topological polar surface area (TPSA) is 77.4 Å². The SMILES string of the molecule is COCCNC(=S)Nc1c(C)nn(Cc2ccccc2C(=O)OC)c1C. The molecule has 8 heteroatoms. The first-order chi connectivity index (χ1) is 12.5. The van der Waals surface area contributed by atoms with Crippen molar-refractivity contribution in [2.75, 3.05) is 32.7 Å². The highest BCUT2D eigenvalue weighted by Crippen LogP contribution is 2.21. The van der Waals surface area contributed by atoms with Gasteiger partial charge in [0.25, 0.3) is 0 Å². The lowest BCUT2D eigenvalue weighted by Gasteiger charge is -2.12. The number of thiocarbonyl (C=S) groups is 1. The molecule has 0 bridgehead atoms. The van der Waals surface area contributed by atoms with E-state index in [4.69, 9.17) is 21.7 Å². The first-order valence-electron chi connectivity index (χ1n) is 8.22. The molecule has 2 N–H and O–H groups in total. The van der Waals surface area contributed by atoms with Crippen LogP contribution in [0.4, 0.5) is 5.69 Å². The molecule has 26 heavy (non-hydrogen) atoms. The van der Waals surface area contributed by atoms with Crippen LogP contribution in [-0.4, -0.2) is 48.2 Å². The molecule has 0 radical (unpaired) electrons. The molecule has 2 rings (SSSR count). The molecule has 1 heterocycles. The lowest BCUT2D eigenvalue weighted by atomic mass is 10.1. The molecule has 0 aliphatic heterocycles. The Balaban J connectivity index is 2.18. The molecule has 0 aliphatic rings. The summed E-state index contributed by atoms with van der Waals surface area (Å²) in [5.41, 5.74) is 3.99. The van der Waals surface area contributed by atoms with E-state index in [1.165, 1.54) is 7.11 Å². The van der Waals surface area contributed by atoms with Gasteiger partial charge in [-0.25, -0.2) is 4.79 Å². The lowest BCUT2D eigenvalue weighted by molar-refractivity contribution is 0.0599. The van der Waals surface area contributed by atoms with Crippen molar-refractivity contribution in [1.82, 2.24) is 15.1 Å². The zero-order chi connectivity index (χ0) is 19.1. The van der Waals surface area contributed by atoms with E-state index >= 15 is 0 Å². The van der Waals surface area contributed by atoms with Crippen LogP contribution < -0.4 is 10.6 Å². The van der Waals surface area contributed by atoms with E-state index in [9.17, 15) is 4.79 Å². The summed E-state index contributed by atoms with van der Waals surface area (Å²) in [6, 6.07) is 7.35. The van der Waals surface area contributed by atoms with E-state index in [1.54, 1.807) is 13.2 Å². The van der Waals surface area contributed by atoms with Crippen molar-refractivity contribution in [3.05, 3.63) is 46.8 Å². The van der Waals surface area contributed by atoms with Gasteiger partial charge in [0.2, 0.25) is 0 Å². The van der Waals surface area contributed by atoms with Gasteiger partial charge in [-0.05, 0) is 37.7 Å². The van der Waals surface area contributed by atoms with Gasteiger partial charge in [0, 0.05) is 13.7 Å². The number of anilines is 1. The normalized spacial score (nSPS) is 10.5. The molecule has 2 aromatic rings. The summed E-state index contributed by atoms with van der Waals surface area (Å²) in [7, 11) is 3.02. The van der Waals surface area contributed by atoms with Crippen molar-refractivity contribution in [2.45, 2.75) is 20.4 Å². The van der Waals surface area contributed by atoms with Gasteiger partial charge >= 0.3 is 5.97 Å². The molecule has 0 fully saturated rings. The van der Waals surface area contributed by atoms with Crippen LogP contribution in [0.3, 0.4) is 0 Å². The third kappa shape index (κ3) is 4.80.